The van der Waals surface area contributed by atoms with E-state index >= 15 is 0 Å². The van der Waals surface area contributed by atoms with Crippen molar-refractivity contribution in [2.75, 3.05) is 5.32 Å². The van der Waals surface area contributed by atoms with E-state index in [0.29, 0.717) is 12.1 Å². The Bertz CT molecular complexity index is 884. The zero-order chi connectivity index (χ0) is 17.6. The summed E-state index contributed by atoms with van der Waals surface area (Å²) >= 11 is 3.53. The predicted molar refractivity (Wildman–Crippen MR) is 102 cm³/mol. The highest BCUT2D eigenvalue weighted by Crippen LogP contribution is 2.26. The monoisotopic (exact) mass is 396 g/mol. The fourth-order valence-corrected chi connectivity index (χ4v) is 2.89. The van der Waals surface area contributed by atoms with Gasteiger partial charge in [0.2, 0.25) is 0 Å². The van der Waals surface area contributed by atoms with Crippen molar-refractivity contribution in [1.29, 1.82) is 0 Å². The molecule has 1 aromatic carbocycles. The van der Waals surface area contributed by atoms with Crippen LogP contribution in [-0.4, -0.2) is 15.9 Å². The molecule has 0 fully saturated rings. The summed E-state index contributed by atoms with van der Waals surface area (Å²) in [7, 11) is 0. The van der Waals surface area contributed by atoms with E-state index in [9.17, 15) is 4.79 Å². The van der Waals surface area contributed by atoms with Crippen LogP contribution in [0, 0.1) is 6.92 Å². The second kappa shape index (κ2) is 7.90. The predicted octanol–water partition coefficient (Wildman–Crippen LogP) is 4.22. The molecule has 0 aliphatic rings. The number of aryl methyl sites for hydroxylation is 1. The van der Waals surface area contributed by atoms with E-state index in [-0.39, 0.29) is 5.91 Å². The van der Waals surface area contributed by atoms with Crippen LogP contribution in [0.4, 0.5) is 11.4 Å². The van der Waals surface area contributed by atoms with Gasteiger partial charge in [0, 0.05) is 29.6 Å². The van der Waals surface area contributed by atoms with Crippen LogP contribution in [0.25, 0.3) is 0 Å². The molecule has 3 aromatic rings. The molecule has 25 heavy (non-hydrogen) atoms. The van der Waals surface area contributed by atoms with E-state index in [1.165, 1.54) is 5.56 Å². The Labute approximate surface area is 154 Å². The molecule has 2 N–H and O–H groups in total. The third kappa shape index (κ3) is 4.64. The number of amides is 1. The molecule has 2 heterocycles. The number of aromatic nitrogens is 2. The lowest BCUT2D eigenvalue weighted by Gasteiger charge is -2.10. The number of hydrogen-bond donors (Lipinski definition) is 2. The van der Waals surface area contributed by atoms with Crippen LogP contribution >= 0.6 is 15.9 Å². The zero-order valence-electron chi connectivity index (χ0n) is 13.7. The van der Waals surface area contributed by atoms with Crippen molar-refractivity contribution in [2.45, 2.75) is 13.5 Å². The lowest BCUT2D eigenvalue weighted by atomic mass is 10.2. The third-order valence-electron chi connectivity index (χ3n) is 3.58. The van der Waals surface area contributed by atoms with Crippen LogP contribution < -0.4 is 10.6 Å². The molecule has 0 saturated carbocycles. The van der Waals surface area contributed by atoms with Crippen LogP contribution in [0.3, 0.4) is 0 Å². The highest BCUT2D eigenvalue weighted by atomic mass is 79.9. The second-order valence-electron chi connectivity index (χ2n) is 5.61. The van der Waals surface area contributed by atoms with Gasteiger partial charge in [-0.2, -0.15) is 0 Å². The number of nitrogens with zero attached hydrogens (tertiary/aromatic N) is 2. The van der Waals surface area contributed by atoms with E-state index in [2.05, 4.69) is 36.5 Å². The summed E-state index contributed by atoms with van der Waals surface area (Å²) in [6.45, 7) is 2.46. The van der Waals surface area contributed by atoms with Gasteiger partial charge in [-0.15, -0.1) is 0 Å². The van der Waals surface area contributed by atoms with E-state index in [0.717, 1.165) is 21.4 Å². The van der Waals surface area contributed by atoms with Crippen molar-refractivity contribution in [2.24, 2.45) is 0 Å². The first kappa shape index (κ1) is 17.1. The Morgan fingerprint density at radius 1 is 1.12 bits per heavy atom. The molecule has 5 nitrogen and oxygen atoms in total. The molecule has 0 saturated heterocycles. The van der Waals surface area contributed by atoms with Crippen LogP contribution in [0.1, 0.15) is 21.5 Å². The number of carbonyl (C=O) groups excluding carboxylic acids is 1. The maximum absolute atomic E-state index is 12.3. The molecule has 6 heteroatoms. The Morgan fingerprint density at radius 2 is 2.00 bits per heavy atom. The summed E-state index contributed by atoms with van der Waals surface area (Å²) in [5.41, 5.74) is 4.27. The summed E-state index contributed by atoms with van der Waals surface area (Å²) < 4.78 is 0.957. The summed E-state index contributed by atoms with van der Waals surface area (Å²) in [6, 6.07) is 11.6. The highest BCUT2D eigenvalue weighted by Gasteiger charge is 2.08. The number of halogens is 1. The lowest BCUT2D eigenvalue weighted by Crippen LogP contribution is -2.23. The van der Waals surface area contributed by atoms with Crippen molar-refractivity contribution in [3.05, 3.63) is 82.3 Å². The van der Waals surface area contributed by atoms with Gasteiger partial charge >= 0.3 is 0 Å². The summed E-state index contributed by atoms with van der Waals surface area (Å²) in [6.07, 6.45) is 6.66. The van der Waals surface area contributed by atoms with Crippen LogP contribution in [0.5, 0.6) is 0 Å². The molecule has 0 aliphatic carbocycles. The fourth-order valence-electron chi connectivity index (χ4n) is 2.30. The number of nitrogens with one attached hydrogen (secondary N) is 2. The minimum absolute atomic E-state index is 0.178. The maximum atomic E-state index is 12.3. The topological polar surface area (TPSA) is 66.9 Å². The molecular formula is C19H17BrN4O. The van der Waals surface area contributed by atoms with Gasteiger partial charge in [-0.05, 0) is 58.2 Å². The number of rotatable bonds is 5. The normalized spacial score (nSPS) is 10.3. The average Bonchev–Trinajstić information content (AvgIpc) is 2.63. The Hall–Kier alpha value is -2.73. The summed E-state index contributed by atoms with van der Waals surface area (Å²) in [4.78, 5) is 20.5. The minimum atomic E-state index is -0.178. The molecule has 0 aliphatic heterocycles. The van der Waals surface area contributed by atoms with E-state index in [1.807, 2.05) is 37.3 Å². The van der Waals surface area contributed by atoms with Crippen molar-refractivity contribution in [3.8, 4) is 0 Å². The third-order valence-corrected chi connectivity index (χ3v) is 4.24. The van der Waals surface area contributed by atoms with Gasteiger partial charge in [-0.1, -0.05) is 12.1 Å². The SMILES string of the molecule is Cc1ccc(Nc2cncc(C(=O)NCc3cccnc3)c2)c(Br)c1. The largest absolute Gasteiger partial charge is 0.353 e. The molecular weight excluding hydrogens is 380 g/mol. The number of carbonyl (C=O) groups is 1. The maximum Gasteiger partial charge on any atom is 0.253 e. The summed E-state index contributed by atoms with van der Waals surface area (Å²) in [5.74, 6) is -0.178. The zero-order valence-corrected chi connectivity index (χ0v) is 15.2. The average molecular weight is 397 g/mol. The van der Waals surface area contributed by atoms with Gasteiger partial charge in [0.15, 0.2) is 0 Å². The molecule has 0 bridgehead atoms. The molecule has 3 rings (SSSR count). The first-order valence-electron chi connectivity index (χ1n) is 7.77. The first-order chi connectivity index (χ1) is 12.1. The van der Waals surface area contributed by atoms with Crippen LogP contribution in [0.2, 0.25) is 0 Å². The van der Waals surface area contributed by atoms with E-state index < -0.39 is 0 Å². The lowest BCUT2D eigenvalue weighted by molar-refractivity contribution is 0.0950. The van der Waals surface area contributed by atoms with E-state index in [1.54, 1.807) is 30.9 Å². The van der Waals surface area contributed by atoms with Gasteiger partial charge in [0.1, 0.15) is 0 Å². The van der Waals surface area contributed by atoms with E-state index in [4.69, 9.17) is 0 Å². The Kier molecular flexibility index (Phi) is 5.40. The fraction of sp³-hybridized carbons (Fsp3) is 0.105. The molecule has 2 aromatic heterocycles. The molecule has 0 atom stereocenters. The molecule has 0 unspecified atom stereocenters. The van der Waals surface area contributed by atoms with Gasteiger partial charge < -0.3 is 10.6 Å². The van der Waals surface area contributed by atoms with Crippen molar-refractivity contribution >= 4 is 33.2 Å². The number of anilines is 2. The van der Waals surface area contributed by atoms with Gasteiger partial charge in [-0.3, -0.25) is 14.8 Å². The molecule has 0 spiro atoms. The van der Waals surface area contributed by atoms with Gasteiger partial charge in [0.25, 0.3) is 5.91 Å². The van der Waals surface area contributed by atoms with Crippen molar-refractivity contribution in [1.82, 2.24) is 15.3 Å². The number of benzene rings is 1. The molecule has 126 valence electrons. The first-order valence-corrected chi connectivity index (χ1v) is 8.56. The van der Waals surface area contributed by atoms with Crippen LogP contribution in [0.15, 0.2) is 65.7 Å². The van der Waals surface area contributed by atoms with Gasteiger partial charge in [-0.25, -0.2) is 0 Å². The standard InChI is InChI=1S/C19H17BrN4O/c1-13-4-5-18(17(20)7-13)24-16-8-15(11-22-12-16)19(25)23-10-14-3-2-6-21-9-14/h2-9,11-12,24H,10H2,1H3,(H,23,25). The number of hydrogen-bond acceptors (Lipinski definition) is 4. The van der Waals surface area contributed by atoms with Crippen LogP contribution in [-0.2, 0) is 6.54 Å². The minimum Gasteiger partial charge on any atom is -0.353 e. The highest BCUT2D eigenvalue weighted by molar-refractivity contribution is 9.10. The molecule has 0 radical (unpaired) electrons. The quantitative estimate of drug-likeness (QED) is 0.677. The number of pyridine rings is 2. The Morgan fingerprint density at radius 3 is 2.76 bits per heavy atom. The van der Waals surface area contributed by atoms with Crippen molar-refractivity contribution < 1.29 is 4.79 Å². The molecule has 1 amide bonds. The van der Waals surface area contributed by atoms with Gasteiger partial charge in [0.05, 0.1) is 23.1 Å². The smallest absolute Gasteiger partial charge is 0.253 e. The summed E-state index contributed by atoms with van der Waals surface area (Å²) in [5, 5.41) is 6.14. The second-order valence-corrected chi connectivity index (χ2v) is 6.47. The van der Waals surface area contributed by atoms with Crippen molar-refractivity contribution in [3.63, 3.8) is 0 Å². The Balaban J connectivity index is 1.69.